The third kappa shape index (κ3) is 7.05. The van der Waals surface area contributed by atoms with Gasteiger partial charge in [-0.05, 0) is 55.4 Å². The van der Waals surface area contributed by atoms with Gasteiger partial charge in [0.1, 0.15) is 5.79 Å². The molecular weight excluding hydrogens is 224 g/mol. The summed E-state index contributed by atoms with van der Waals surface area (Å²) in [6, 6.07) is 0. The maximum atomic E-state index is 10.7. The van der Waals surface area contributed by atoms with Gasteiger partial charge in [-0.2, -0.15) is 0 Å². The maximum absolute atomic E-state index is 10.7. The number of rotatable bonds is 10. The molecule has 8 nitrogen and oxygen atoms in total. The van der Waals surface area contributed by atoms with Crippen molar-refractivity contribution in [1.82, 2.24) is 0 Å². The molecule has 0 aliphatic carbocycles. The van der Waals surface area contributed by atoms with Crippen LogP contribution in [0.5, 0.6) is 0 Å². The predicted octanol–water partition coefficient (Wildman–Crippen LogP) is 0.0447. The van der Waals surface area contributed by atoms with Crippen molar-refractivity contribution in [3.63, 3.8) is 0 Å². The van der Waals surface area contributed by atoms with Gasteiger partial charge in [-0.15, -0.1) is 9.81 Å². The van der Waals surface area contributed by atoms with Crippen LogP contribution in [0.3, 0.4) is 0 Å². The first-order valence-corrected chi connectivity index (χ1v) is 5.65. The second kappa shape index (κ2) is 7.38. The van der Waals surface area contributed by atoms with Gasteiger partial charge in [0.15, 0.2) is 0 Å². The van der Waals surface area contributed by atoms with Crippen LogP contribution in [-0.4, -0.2) is 18.0 Å². The SMILES string of the molecule is NCCCCC(CCCC(N)(N)N)(N=O)N=O. The Morgan fingerprint density at radius 2 is 1.35 bits per heavy atom. The molecule has 100 valence electrons. The van der Waals surface area contributed by atoms with E-state index in [0.717, 1.165) is 6.42 Å². The fraction of sp³-hybridized carbons (Fsp3) is 1.00. The van der Waals surface area contributed by atoms with E-state index in [1.165, 1.54) is 0 Å². The van der Waals surface area contributed by atoms with Crippen molar-refractivity contribution < 1.29 is 0 Å². The van der Waals surface area contributed by atoms with Crippen LogP contribution in [0.2, 0.25) is 0 Å². The van der Waals surface area contributed by atoms with Gasteiger partial charge in [0.2, 0.25) is 5.66 Å². The minimum absolute atomic E-state index is 0.206. The fourth-order valence-electron chi connectivity index (χ4n) is 1.55. The number of hydrogen-bond donors (Lipinski definition) is 4. The first kappa shape index (κ1) is 16.0. The molecule has 0 amide bonds. The third-order valence-corrected chi connectivity index (χ3v) is 2.56. The lowest BCUT2D eigenvalue weighted by Crippen LogP contribution is -2.57. The van der Waals surface area contributed by atoms with Crippen LogP contribution in [-0.2, 0) is 0 Å². The van der Waals surface area contributed by atoms with Crippen molar-refractivity contribution in [2.75, 3.05) is 6.54 Å². The summed E-state index contributed by atoms with van der Waals surface area (Å²) in [6.45, 7) is 0.505. The Balaban J connectivity index is 4.20. The summed E-state index contributed by atoms with van der Waals surface area (Å²) in [4.78, 5) is 21.5. The molecule has 0 fully saturated rings. The standard InChI is InChI=1S/C9H22N6O2/c10-7-2-1-4-8(14-16,15-17)5-3-6-9(11,12)13/h1-7,10-13H2. The highest BCUT2D eigenvalue weighted by atomic mass is 16.3. The Labute approximate surface area is 100 Å². The molecule has 0 aliphatic rings. The Hall–Kier alpha value is -0.960. The Bertz CT molecular complexity index is 232. The molecular formula is C9H22N6O2. The quantitative estimate of drug-likeness (QED) is 0.241. The first-order chi connectivity index (χ1) is 7.89. The highest BCUT2D eigenvalue weighted by Gasteiger charge is 2.32. The molecule has 0 spiro atoms. The Kier molecular flexibility index (Phi) is 6.97. The van der Waals surface area contributed by atoms with Crippen LogP contribution >= 0.6 is 0 Å². The van der Waals surface area contributed by atoms with Crippen LogP contribution in [0.1, 0.15) is 38.5 Å². The second-order valence-corrected chi connectivity index (χ2v) is 4.38. The predicted molar refractivity (Wildman–Crippen MR) is 66.4 cm³/mol. The van der Waals surface area contributed by atoms with E-state index in [4.69, 9.17) is 22.9 Å². The summed E-state index contributed by atoms with van der Waals surface area (Å²) in [7, 11) is 0. The zero-order valence-electron chi connectivity index (χ0n) is 9.97. The zero-order valence-corrected chi connectivity index (χ0v) is 9.97. The molecule has 0 unspecified atom stereocenters. The molecule has 0 radical (unpaired) electrons. The van der Waals surface area contributed by atoms with E-state index in [0.29, 0.717) is 25.8 Å². The minimum atomic E-state index is -1.43. The minimum Gasteiger partial charge on any atom is -0.330 e. The zero-order chi connectivity index (χ0) is 13.4. The largest absolute Gasteiger partial charge is 0.330 e. The molecule has 0 saturated carbocycles. The van der Waals surface area contributed by atoms with Gasteiger partial charge >= 0.3 is 0 Å². The number of hydrogen-bond acceptors (Lipinski definition) is 8. The maximum Gasteiger partial charge on any atom is 0.232 e. The first-order valence-electron chi connectivity index (χ1n) is 5.65. The van der Waals surface area contributed by atoms with Gasteiger partial charge in [-0.1, -0.05) is 0 Å². The summed E-state index contributed by atoms with van der Waals surface area (Å²) in [5.41, 5.74) is 20.1. The topological polar surface area (TPSA) is 163 Å². The lowest BCUT2D eigenvalue weighted by atomic mass is 9.96. The van der Waals surface area contributed by atoms with Gasteiger partial charge in [-0.3, -0.25) is 0 Å². The lowest BCUT2D eigenvalue weighted by molar-refractivity contribution is 0.322. The number of unbranched alkanes of at least 4 members (excludes halogenated alkanes) is 1. The van der Waals surface area contributed by atoms with Crippen molar-refractivity contribution in [3.05, 3.63) is 9.81 Å². The van der Waals surface area contributed by atoms with Gasteiger partial charge in [0.25, 0.3) is 0 Å². The number of nitrogens with two attached hydrogens (primary N) is 4. The van der Waals surface area contributed by atoms with Crippen molar-refractivity contribution in [2.45, 2.75) is 50.0 Å². The lowest BCUT2D eigenvalue weighted by Gasteiger charge is -2.22. The van der Waals surface area contributed by atoms with Crippen molar-refractivity contribution in [3.8, 4) is 0 Å². The average molecular weight is 246 g/mol. The van der Waals surface area contributed by atoms with Crippen molar-refractivity contribution in [1.29, 1.82) is 0 Å². The fourth-order valence-corrected chi connectivity index (χ4v) is 1.55. The molecule has 0 saturated heterocycles. The van der Waals surface area contributed by atoms with E-state index in [1.54, 1.807) is 0 Å². The molecule has 0 rings (SSSR count). The molecule has 0 atom stereocenters. The van der Waals surface area contributed by atoms with E-state index < -0.39 is 11.4 Å². The Morgan fingerprint density at radius 1 is 0.824 bits per heavy atom. The highest BCUT2D eigenvalue weighted by molar-refractivity contribution is 4.85. The van der Waals surface area contributed by atoms with Crippen LogP contribution < -0.4 is 22.9 Å². The van der Waals surface area contributed by atoms with Gasteiger partial charge in [-0.25, -0.2) is 0 Å². The van der Waals surface area contributed by atoms with E-state index >= 15 is 0 Å². The van der Waals surface area contributed by atoms with Crippen molar-refractivity contribution >= 4 is 0 Å². The third-order valence-electron chi connectivity index (χ3n) is 2.56. The molecule has 8 heteroatoms. The molecule has 0 heterocycles. The van der Waals surface area contributed by atoms with Crippen molar-refractivity contribution in [2.24, 2.45) is 33.3 Å². The van der Waals surface area contributed by atoms with Gasteiger partial charge in [0.05, 0.1) is 0 Å². The molecule has 0 aliphatic heterocycles. The Morgan fingerprint density at radius 3 is 1.76 bits per heavy atom. The summed E-state index contributed by atoms with van der Waals surface area (Å²) < 4.78 is 0. The summed E-state index contributed by atoms with van der Waals surface area (Å²) in [6.07, 6.45) is 2.57. The molecule has 17 heavy (non-hydrogen) atoms. The molecule has 0 aromatic rings. The summed E-state index contributed by atoms with van der Waals surface area (Å²) in [5, 5.41) is 5.67. The van der Waals surface area contributed by atoms with Crippen LogP contribution in [0.15, 0.2) is 10.4 Å². The van der Waals surface area contributed by atoms with Gasteiger partial charge in [0, 0.05) is 0 Å². The molecule has 8 N–H and O–H groups in total. The summed E-state index contributed by atoms with van der Waals surface area (Å²) in [5.74, 6) is -1.30. The molecule has 0 bridgehead atoms. The monoisotopic (exact) mass is 246 g/mol. The van der Waals surface area contributed by atoms with E-state index in [2.05, 4.69) is 10.4 Å². The average Bonchev–Trinajstić information content (AvgIpc) is 2.26. The van der Waals surface area contributed by atoms with Crippen LogP contribution in [0.4, 0.5) is 0 Å². The summed E-state index contributed by atoms with van der Waals surface area (Å²) >= 11 is 0. The number of nitroso groups, excluding NO2 is 2. The van der Waals surface area contributed by atoms with E-state index in [1.807, 2.05) is 0 Å². The van der Waals surface area contributed by atoms with E-state index in [9.17, 15) is 9.81 Å². The molecule has 0 aromatic carbocycles. The van der Waals surface area contributed by atoms with Crippen LogP contribution in [0.25, 0.3) is 0 Å². The number of nitrogens with zero attached hydrogens (tertiary/aromatic N) is 2. The molecule has 0 aromatic heterocycles. The highest BCUT2D eigenvalue weighted by Crippen LogP contribution is 2.27. The van der Waals surface area contributed by atoms with Gasteiger partial charge < -0.3 is 22.9 Å². The van der Waals surface area contributed by atoms with E-state index in [-0.39, 0.29) is 12.8 Å². The smallest absolute Gasteiger partial charge is 0.232 e. The van der Waals surface area contributed by atoms with Crippen LogP contribution in [0, 0.1) is 9.81 Å². The second-order valence-electron chi connectivity index (χ2n) is 4.38. The normalized spacial score (nSPS) is 12.5.